The van der Waals surface area contributed by atoms with E-state index in [0.717, 1.165) is 16.7 Å². The molecule has 3 atom stereocenters. The molecule has 4 rings (SSSR count). The van der Waals surface area contributed by atoms with Crippen LogP contribution in [0.15, 0.2) is 89.8 Å². The number of nitrogens with zero attached hydrogens (tertiary/aromatic N) is 1. The molecule has 0 saturated carbocycles. The van der Waals surface area contributed by atoms with Gasteiger partial charge in [0.1, 0.15) is 5.25 Å². The number of likely N-dealkylation sites (N-methyl/N-ethyl adjacent to an activating group) is 1. The van der Waals surface area contributed by atoms with E-state index in [-0.39, 0.29) is 6.04 Å². The minimum atomic E-state index is -3.57. The zero-order valence-electron chi connectivity index (χ0n) is 19.1. The first-order valence-electron chi connectivity index (χ1n) is 11.2. The standard InChI is InChI=1S/C27H31NO4S/c1-21-13-15-24(16-14-21)33(29,30)26-17-28(2)25(20-31-18-22-9-5-3-6-10-22)27(26)32-19-23-11-7-4-8-12-23/h3-16,25-27H,17-20H2,1-2H3/t25-,26+,27+/m0/s1. The Morgan fingerprint density at radius 1 is 0.848 bits per heavy atom. The normalized spacial score (nSPS) is 21.3. The van der Waals surface area contributed by atoms with Crippen molar-refractivity contribution in [1.29, 1.82) is 0 Å². The third-order valence-corrected chi connectivity index (χ3v) is 8.36. The van der Waals surface area contributed by atoms with Gasteiger partial charge in [0.05, 0.1) is 36.9 Å². The molecule has 6 heteroatoms. The van der Waals surface area contributed by atoms with Crippen LogP contribution in [-0.2, 0) is 32.5 Å². The van der Waals surface area contributed by atoms with Gasteiger partial charge >= 0.3 is 0 Å². The van der Waals surface area contributed by atoms with Crippen molar-refractivity contribution in [2.75, 3.05) is 20.2 Å². The van der Waals surface area contributed by atoms with Crippen molar-refractivity contribution in [3.8, 4) is 0 Å². The van der Waals surface area contributed by atoms with Crippen LogP contribution in [0.2, 0.25) is 0 Å². The first-order valence-corrected chi connectivity index (χ1v) is 12.8. The summed E-state index contributed by atoms with van der Waals surface area (Å²) in [6.45, 7) is 3.58. The lowest BCUT2D eigenvalue weighted by Crippen LogP contribution is -2.42. The summed E-state index contributed by atoms with van der Waals surface area (Å²) in [6, 6.07) is 26.7. The summed E-state index contributed by atoms with van der Waals surface area (Å²) in [5, 5.41) is -0.667. The van der Waals surface area contributed by atoms with Crippen molar-refractivity contribution < 1.29 is 17.9 Å². The fourth-order valence-electron chi connectivity index (χ4n) is 4.28. The van der Waals surface area contributed by atoms with Crippen molar-refractivity contribution in [3.63, 3.8) is 0 Å². The van der Waals surface area contributed by atoms with Crippen LogP contribution in [0.3, 0.4) is 0 Å². The van der Waals surface area contributed by atoms with E-state index in [9.17, 15) is 8.42 Å². The maximum absolute atomic E-state index is 13.6. The molecule has 0 bridgehead atoms. The van der Waals surface area contributed by atoms with Crippen LogP contribution < -0.4 is 0 Å². The number of hydrogen-bond donors (Lipinski definition) is 0. The largest absolute Gasteiger partial charge is 0.375 e. The second-order valence-electron chi connectivity index (χ2n) is 8.67. The molecule has 1 saturated heterocycles. The zero-order valence-corrected chi connectivity index (χ0v) is 19.9. The van der Waals surface area contributed by atoms with Crippen molar-refractivity contribution in [2.45, 2.75) is 42.4 Å². The molecule has 0 unspecified atom stereocenters. The van der Waals surface area contributed by atoms with Crippen molar-refractivity contribution >= 4 is 9.84 Å². The SMILES string of the molecule is Cc1ccc(S(=O)(=O)[C@@H]2CN(C)[C@@H](COCc3ccccc3)[C@H]2OCc2ccccc2)cc1. The molecule has 3 aromatic rings. The summed E-state index contributed by atoms with van der Waals surface area (Å²) < 4.78 is 39.6. The Hall–Kier alpha value is -2.51. The zero-order chi connectivity index (χ0) is 23.3. The highest BCUT2D eigenvalue weighted by Gasteiger charge is 2.48. The maximum atomic E-state index is 13.6. The molecular weight excluding hydrogens is 434 g/mol. The lowest BCUT2D eigenvalue weighted by atomic mass is 10.1. The predicted octanol–water partition coefficient (Wildman–Crippen LogP) is 4.25. The fraction of sp³-hybridized carbons (Fsp3) is 0.333. The molecule has 1 aliphatic heterocycles. The highest BCUT2D eigenvalue weighted by molar-refractivity contribution is 7.92. The Balaban J connectivity index is 1.54. The molecule has 33 heavy (non-hydrogen) atoms. The molecule has 0 amide bonds. The Labute approximate surface area is 196 Å². The molecule has 0 aliphatic carbocycles. The monoisotopic (exact) mass is 465 g/mol. The highest BCUT2D eigenvalue weighted by Crippen LogP contribution is 2.31. The van der Waals surface area contributed by atoms with E-state index in [1.54, 1.807) is 12.1 Å². The van der Waals surface area contributed by atoms with Crippen LogP contribution >= 0.6 is 0 Å². The lowest BCUT2D eigenvalue weighted by Gasteiger charge is -2.26. The van der Waals surface area contributed by atoms with Gasteiger partial charge in [0, 0.05) is 6.54 Å². The second kappa shape index (κ2) is 10.6. The molecule has 1 heterocycles. The smallest absolute Gasteiger partial charge is 0.185 e. The van der Waals surface area contributed by atoms with Crippen LogP contribution in [0.1, 0.15) is 16.7 Å². The Morgan fingerprint density at radius 2 is 1.42 bits per heavy atom. The van der Waals surface area contributed by atoms with E-state index in [1.807, 2.05) is 86.8 Å². The molecule has 3 aromatic carbocycles. The maximum Gasteiger partial charge on any atom is 0.185 e. The summed E-state index contributed by atoms with van der Waals surface area (Å²) >= 11 is 0. The van der Waals surface area contributed by atoms with E-state index in [2.05, 4.69) is 4.90 Å². The third kappa shape index (κ3) is 5.71. The first-order chi connectivity index (χ1) is 15.9. The van der Waals surface area contributed by atoms with Crippen molar-refractivity contribution in [1.82, 2.24) is 4.90 Å². The van der Waals surface area contributed by atoms with Crippen LogP contribution in [0, 0.1) is 6.92 Å². The highest BCUT2D eigenvalue weighted by atomic mass is 32.2. The van der Waals surface area contributed by atoms with Crippen LogP contribution in [0.5, 0.6) is 0 Å². The number of ether oxygens (including phenoxy) is 2. The molecule has 0 N–H and O–H groups in total. The number of benzene rings is 3. The van der Waals surface area contributed by atoms with Crippen LogP contribution in [0.25, 0.3) is 0 Å². The molecule has 1 aliphatic rings. The Morgan fingerprint density at radius 3 is 2.03 bits per heavy atom. The molecule has 1 fully saturated rings. The first kappa shape index (κ1) is 23.6. The average molecular weight is 466 g/mol. The van der Waals surface area contributed by atoms with E-state index < -0.39 is 21.2 Å². The molecule has 0 spiro atoms. The van der Waals surface area contributed by atoms with Crippen molar-refractivity contribution in [3.05, 3.63) is 102 Å². The number of aryl methyl sites for hydroxylation is 1. The van der Waals surface area contributed by atoms with Gasteiger partial charge in [0.2, 0.25) is 0 Å². The van der Waals surface area contributed by atoms with Gasteiger partial charge in [-0.15, -0.1) is 0 Å². The van der Waals surface area contributed by atoms with E-state index >= 15 is 0 Å². The number of hydrogen-bond acceptors (Lipinski definition) is 5. The number of rotatable bonds is 9. The molecule has 0 aromatic heterocycles. The molecule has 0 radical (unpaired) electrons. The van der Waals surface area contributed by atoms with Gasteiger partial charge in [-0.1, -0.05) is 78.4 Å². The van der Waals surface area contributed by atoms with E-state index in [1.165, 1.54) is 0 Å². The van der Waals surface area contributed by atoms with E-state index in [4.69, 9.17) is 9.47 Å². The van der Waals surface area contributed by atoms with Crippen LogP contribution in [0.4, 0.5) is 0 Å². The van der Waals surface area contributed by atoms with Gasteiger partial charge in [-0.05, 0) is 37.2 Å². The lowest BCUT2D eigenvalue weighted by molar-refractivity contribution is -0.0166. The van der Waals surface area contributed by atoms with Gasteiger partial charge in [0.25, 0.3) is 0 Å². The minimum Gasteiger partial charge on any atom is -0.375 e. The minimum absolute atomic E-state index is 0.164. The molecular formula is C27H31NO4S. The molecule has 174 valence electrons. The fourth-order valence-corrected chi connectivity index (χ4v) is 6.19. The predicted molar refractivity (Wildman–Crippen MR) is 130 cm³/mol. The van der Waals surface area contributed by atoms with Gasteiger partial charge in [0.15, 0.2) is 9.84 Å². The number of sulfone groups is 1. The summed E-state index contributed by atoms with van der Waals surface area (Å²) in [4.78, 5) is 2.39. The van der Waals surface area contributed by atoms with E-state index in [0.29, 0.717) is 31.3 Å². The van der Waals surface area contributed by atoms with Crippen molar-refractivity contribution in [2.24, 2.45) is 0 Å². The third-order valence-electron chi connectivity index (χ3n) is 6.21. The summed E-state index contributed by atoms with van der Waals surface area (Å²) in [5.41, 5.74) is 3.13. The quantitative estimate of drug-likeness (QED) is 0.473. The van der Waals surface area contributed by atoms with Gasteiger partial charge in [-0.25, -0.2) is 8.42 Å². The summed E-state index contributed by atoms with van der Waals surface area (Å²) in [7, 11) is -1.63. The summed E-state index contributed by atoms with van der Waals surface area (Å²) in [5.74, 6) is 0. The topological polar surface area (TPSA) is 55.8 Å². The Kier molecular flexibility index (Phi) is 7.60. The second-order valence-corrected chi connectivity index (χ2v) is 10.8. The van der Waals surface area contributed by atoms with Crippen LogP contribution in [-0.4, -0.2) is 50.9 Å². The number of likely N-dealkylation sites (tertiary alicyclic amines) is 1. The van der Waals surface area contributed by atoms with Gasteiger partial charge in [-0.3, -0.25) is 4.90 Å². The average Bonchev–Trinajstić information content (AvgIpc) is 3.15. The summed E-state index contributed by atoms with van der Waals surface area (Å²) in [6.07, 6.45) is -0.503. The van der Waals surface area contributed by atoms with Gasteiger partial charge in [-0.2, -0.15) is 0 Å². The molecule has 5 nitrogen and oxygen atoms in total. The Bertz CT molecular complexity index is 1120. The van der Waals surface area contributed by atoms with Gasteiger partial charge < -0.3 is 9.47 Å².